The van der Waals surface area contributed by atoms with Crippen molar-refractivity contribution in [3.8, 4) is 0 Å². The molecular weight excluding hydrogens is 258 g/mol. The number of benzene rings is 1. The van der Waals surface area contributed by atoms with Gasteiger partial charge >= 0.3 is 5.97 Å². The van der Waals surface area contributed by atoms with Gasteiger partial charge in [0.05, 0.1) is 0 Å². The van der Waals surface area contributed by atoms with Crippen LogP contribution in [0.2, 0.25) is 0 Å². The molecular formula is C15H17NO4. The Morgan fingerprint density at radius 3 is 2.25 bits per heavy atom. The number of carboxylic acid groups (broad SMARTS) is 1. The molecule has 1 saturated carbocycles. The normalized spacial score (nSPS) is 16.0. The fourth-order valence-electron chi connectivity index (χ4n) is 2.25. The Morgan fingerprint density at radius 1 is 1.10 bits per heavy atom. The second kappa shape index (κ2) is 5.86. The number of hydrogen-bond acceptors (Lipinski definition) is 3. The molecule has 2 rings (SSSR count). The van der Waals surface area contributed by atoms with Gasteiger partial charge in [-0.15, -0.1) is 0 Å². The Bertz CT molecular complexity index is 520. The molecule has 0 bridgehead atoms. The molecule has 1 fully saturated rings. The summed E-state index contributed by atoms with van der Waals surface area (Å²) in [7, 11) is 0. The average molecular weight is 275 g/mol. The quantitative estimate of drug-likeness (QED) is 0.775. The van der Waals surface area contributed by atoms with Crippen LogP contribution in [0.1, 0.15) is 42.5 Å². The molecule has 2 N–H and O–H groups in total. The van der Waals surface area contributed by atoms with Gasteiger partial charge in [-0.1, -0.05) is 30.3 Å². The number of hydrogen-bond donors (Lipinski definition) is 2. The first-order valence-electron chi connectivity index (χ1n) is 6.66. The molecule has 106 valence electrons. The largest absolute Gasteiger partial charge is 0.480 e. The van der Waals surface area contributed by atoms with E-state index < -0.39 is 11.5 Å². The molecule has 1 aromatic rings. The van der Waals surface area contributed by atoms with E-state index in [-0.39, 0.29) is 24.5 Å². The van der Waals surface area contributed by atoms with E-state index in [4.69, 9.17) is 5.11 Å². The summed E-state index contributed by atoms with van der Waals surface area (Å²) in [6, 6.07) is 8.74. The van der Waals surface area contributed by atoms with Crippen LogP contribution in [0.5, 0.6) is 0 Å². The van der Waals surface area contributed by atoms with Crippen molar-refractivity contribution < 1.29 is 19.5 Å². The fourth-order valence-corrected chi connectivity index (χ4v) is 2.25. The van der Waals surface area contributed by atoms with Crippen molar-refractivity contribution in [2.24, 2.45) is 0 Å². The topological polar surface area (TPSA) is 83.5 Å². The van der Waals surface area contributed by atoms with Gasteiger partial charge in [-0.2, -0.15) is 0 Å². The number of Topliss-reactive ketones (excluding diaryl/α,β-unsaturated/α-hetero) is 1. The molecule has 1 amide bonds. The molecule has 1 aliphatic carbocycles. The first-order valence-corrected chi connectivity index (χ1v) is 6.66. The highest BCUT2D eigenvalue weighted by molar-refractivity contribution is 5.98. The zero-order valence-electron chi connectivity index (χ0n) is 11.1. The maximum atomic E-state index is 11.8. The molecule has 0 radical (unpaired) electrons. The molecule has 0 aliphatic heterocycles. The van der Waals surface area contributed by atoms with Crippen LogP contribution in [0.4, 0.5) is 0 Å². The number of carbonyl (C=O) groups is 3. The van der Waals surface area contributed by atoms with Crippen LogP contribution in [0, 0.1) is 0 Å². The van der Waals surface area contributed by atoms with Crippen LogP contribution in [-0.4, -0.2) is 28.3 Å². The minimum Gasteiger partial charge on any atom is -0.480 e. The molecule has 0 spiro atoms. The number of aliphatic carboxylic acids is 1. The zero-order chi connectivity index (χ0) is 14.6. The van der Waals surface area contributed by atoms with Gasteiger partial charge < -0.3 is 10.4 Å². The summed E-state index contributed by atoms with van der Waals surface area (Å²) < 4.78 is 0. The van der Waals surface area contributed by atoms with Gasteiger partial charge in [0.25, 0.3) is 0 Å². The molecule has 1 aliphatic rings. The minimum atomic E-state index is -1.10. The van der Waals surface area contributed by atoms with Gasteiger partial charge in [-0.05, 0) is 19.3 Å². The first-order chi connectivity index (χ1) is 9.53. The lowest BCUT2D eigenvalue weighted by molar-refractivity contribution is -0.151. The van der Waals surface area contributed by atoms with Crippen molar-refractivity contribution in [3.63, 3.8) is 0 Å². The highest BCUT2D eigenvalue weighted by Gasteiger charge is 2.45. The summed E-state index contributed by atoms with van der Waals surface area (Å²) in [5.74, 6) is -1.48. The third-order valence-corrected chi connectivity index (χ3v) is 3.67. The summed E-state index contributed by atoms with van der Waals surface area (Å²) in [5.41, 5.74) is -0.538. The Balaban J connectivity index is 1.84. The van der Waals surface area contributed by atoms with E-state index in [1.54, 1.807) is 24.3 Å². The lowest BCUT2D eigenvalue weighted by Crippen LogP contribution is -2.59. The van der Waals surface area contributed by atoms with E-state index in [2.05, 4.69) is 5.32 Å². The fraction of sp³-hybridized carbons (Fsp3) is 0.400. The molecule has 20 heavy (non-hydrogen) atoms. The molecule has 0 saturated heterocycles. The maximum absolute atomic E-state index is 11.8. The number of amides is 1. The van der Waals surface area contributed by atoms with Crippen molar-refractivity contribution in [2.75, 3.05) is 0 Å². The van der Waals surface area contributed by atoms with Gasteiger partial charge in [0.15, 0.2) is 5.78 Å². The smallest absolute Gasteiger partial charge is 0.329 e. The molecule has 5 nitrogen and oxygen atoms in total. The molecule has 1 aromatic carbocycles. The molecule has 0 heterocycles. The highest BCUT2D eigenvalue weighted by atomic mass is 16.4. The van der Waals surface area contributed by atoms with Crippen LogP contribution >= 0.6 is 0 Å². The van der Waals surface area contributed by atoms with Crippen LogP contribution in [0.15, 0.2) is 30.3 Å². The first kappa shape index (κ1) is 14.2. The average Bonchev–Trinajstić information content (AvgIpc) is 2.40. The SMILES string of the molecule is O=C(CCC(=O)c1ccccc1)NC1(C(=O)O)CCC1. The number of ketones is 1. The molecule has 5 heteroatoms. The van der Waals surface area contributed by atoms with E-state index in [0.717, 1.165) is 6.42 Å². The van der Waals surface area contributed by atoms with Gasteiger partial charge in [0.2, 0.25) is 5.91 Å². The van der Waals surface area contributed by atoms with Gasteiger partial charge in [-0.3, -0.25) is 9.59 Å². The summed E-state index contributed by atoms with van der Waals surface area (Å²) in [4.78, 5) is 34.7. The van der Waals surface area contributed by atoms with Crippen LogP contribution < -0.4 is 5.32 Å². The molecule has 0 atom stereocenters. The second-order valence-electron chi connectivity index (χ2n) is 5.08. The Labute approximate surface area is 117 Å². The molecule has 0 unspecified atom stereocenters. The number of rotatable bonds is 6. The van der Waals surface area contributed by atoms with E-state index in [0.29, 0.717) is 18.4 Å². The Hall–Kier alpha value is -2.17. The predicted molar refractivity (Wildman–Crippen MR) is 72.4 cm³/mol. The van der Waals surface area contributed by atoms with Crippen LogP contribution in [0.25, 0.3) is 0 Å². The lowest BCUT2D eigenvalue weighted by Gasteiger charge is -2.38. The number of carbonyl (C=O) groups excluding carboxylic acids is 2. The molecule has 0 aromatic heterocycles. The monoisotopic (exact) mass is 275 g/mol. The standard InChI is InChI=1S/C15H17NO4/c17-12(11-5-2-1-3-6-11)7-8-13(18)16-15(14(19)20)9-4-10-15/h1-3,5-6H,4,7-10H2,(H,16,18)(H,19,20). The van der Waals surface area contributed by atoms with Gasteiger partial charge in [-0.25, -0.2) is 4.79 Å². The second-order valence-corrected chi connectivity index (χ2v) is 5.08. The zero-order valence-corrected chi connectivity index (χ0v) is 11.1. The van der Waals surface area contributed by atoms with E-state index in [1.165, 1.54) is 0 Å². The van der Waals surface area contributed by atoms with Gasteiger partial charge in [0, 0.05) is 18.4 Å². The summed E-state index contributed by atoms with van der Waals surface area (Å²) in [6.45, 7) is 0. The minimum absolute atomic E-state index is 0.0166. The third-order valence-electron chi connectivity index (χ3n) is 3.67. The van der Waals surface area contributed by atoms with Crippen molar-refractivity contribution in [2.45, 2.75) is 37.6 Å². The summed E-state index contributed by atoms with van der Waals surface area (Å²) >= 11 is 0. The highest BCUT2D eigenvalue weighted by Crippen LogP contribution is 2.32. The summed E-state index contributed by atoms with van der Waals surface area (Å²) in [5, 5.41) is 11.7. The van der Waals surface area contributed by atoms with Crippen molar-refractivity contribution in [3.05, 3.63) is 35.9 Å². The van der Waals surface area contributed by atoms with Crippen molar-refractivity contribution in [1.82, 2.24) is 5.32 Å². The van der Waals surface area contributed by atoms with E-state index in [9.17, 15) is 14.4 Å². The number of carboxylic acids is 1. The van der Waals surface area contributed by atoms with Crippen molar-refractivity contribution >= 4 is 17.7 Å². The van der Waals surface area contributed by atoms with Crippen molar-refractivity contribution in [1.29, 1.82) is 0 Å². The number of nitrogens with one attached hydrogen (secondary N) is 1. The van der Waals surface area contributed by atoms with Crippen LogP contribution in [0.3, 0.4) is 0 Å². The third kappa shape index (κ3) is 3.04. The Kier molecular flexibility index (Phi) is 4.17. The van der Waals surface area contributed by atoms with Gasteiger partial charge in [0.1, 0.15) is 5.54 Å². The Morgan fingerprint density at radius 2 is 1.75 bits per heavy atom. The van der Waals surface area contributed by atoms with E-state index in [1.807, 2.05) is 6.07 Å². The maximum Gasteiger partial charge on any atom is 0.329 e. The predicted octanol–water partition coefficient (Wildman–Crippen LogP) is 1.77. The lowest BCUT2D eigenvalue weighted by atomic mass is 9.76. The van der Waals surface area contributed by atoms with Crippen LogP contribution in [-0.2, 0) is 9.59 Å². The van der Waals surface area contributed by atoms with E-state index >= 15 is 0 Å². The summed E-state index contributed by atoms with van der Waals surface area (Å²) in [6.07, 6.45) is 1.82.